The van der Waals surface area contributed by atoms with Gasteiger partial charge in [0.25, 0.3) is 0 Å². The average Bonchev–Trinajstić information content (AvgIpc) is 2.37. The number of ether oxygens (including phenoxy) is 2. The normalized spacial score (nSPS) is 10.0. The number of carbonyl (C=O) groups is 1. The van der Waals surface area contributed by atoms with Gasteiger partial charge in [0.1, 0.15) is 11.5 Å². The molecule has 0 atom stereocenters. The fourth-order valence-electron chi connectivity index (χ4n) is 1.81. The van der Waals surface area contributed by atoms with Crippen molar-refractivity contribution in [1.82, 2.24) is 5.32 Å². The van der Waals surface area contributed by atoms with Gasteiger partial charge in [0.05, 0.1) is 27.2 Å². The first-order valence-corrected chi connectivity index (χ1v) is 5.72. The first kappa shape index (κ1) is 14.3. The minimum atomic E-state index is -0.146. The van der Waals surface area contributed by atoms with E-state index in [-0.39, 0.29) is 25.5 Å². The Morgan fingerprint density at radius 2 is 2.06 bits per heavy atom. The lowest BCUT2D eigenvalue weighted by Gasteiger charge is -2.14. The molecule has 0 spiro atoms. The molecular formula is C13H19NO4. The Hall–Kier alpha value is -1.75. The third kappa shape index (κ3) is 3.37. The van der Waals surface area contributed by atoms with Crippen molar-refractivity contribution in [1.29, 1.82) is 0 Å². The Bertz CT molecular complexity index is 418. The molecule has 5 nitrogen and oxygen atoms in total. The number of nitrogens with one attached hydrogen (secondary N) is 1. The molecule has 1 aromatic carbocycles. The van der Waals surface area contributed by atoms with Gasteiger partial charge in [0, 0.05) is 17.7 Å². The quantitative estimate of drug-likeness (QED) is 0.781. The van der Waals surface area contributed by atoms with Crippen LogP contribution in [-0.2, 0) is 11.2 Å². The summed E-state index contributed by atoms with van der Waals surface area (Å²) in [5.74, 6) is 1.24. The summed E-state index contributed by atoms with van der Waals surface area (Å²) in [5, 5.41) is 11.2. The summed E-state index contributed by atoms with van der Waals surface area (Å²) in [6, 6.07) is 3.62. The van der Waals surface area contributed by atoms with E-state index in [0.29, 0.717) is 5.75 Å². The molecule has 1 aromatic rings. The number of aliphatic hydroxyl groups is 1. The van der Waals surface area contributed by atoms with Crippen molar-refractivity contribution in [3.05, 3.63) is 23.3 Å². The van der Waals surface area contributed by atoms with Gasteiger partial charge >= 0.3 is 0 Å². The zero-order chi connectivity index (χ0) is 13.5. The van der Waals surface area contributed by atoms with Crippen molar-refractivity contribution in [2.24, 2.45) is 0 Å². The van der Waals surface area contributed by atoms with Crippen LogP contribution in [0, 0.1) is 6.92 Å². The number of aliphatic hydroxyl groups excluding tert-OH is 1. The Balaban J connectivity index is 2.89. The summed E-state index contributed by atoms with van der Waals surface area (Å²) in [6.07, 6.45) is 0.216. The van der Waals surface area contributed by atoms with E-state index in [0.717, 1.165) is 16.9 Å². The number of rotatable bonds is 6. The molecule has 0 heterocycles. The van der Waals surface area contributed by atoms with Crippen LogP contribution in [0.5, 0.6) is 11.5 Å². The van der Waals surface area contributed by atoms with E-state index in [4.69, 9.17) is 14.6 Å². The second kappa shape index (κ2) is 6.86. The third-order valence-electron chi connectivity index (χ3n) is 2.65. The molecule has 1 rings (SSSR count). The van der Waals surface area contributed by atoms with Crippen molar-refractivity contribution in [3.63, 3.8) is 0 Å². The molecule has 18 heavy (non-hydrogen) atoms. The molecule has 5 heteroatoms. The van der Waals surface area contributed by atoms with E-state index in [1.165, 1.54) is 0 Å². The summed E-state index contributed by atoms with van der Waals surface area (Å²) >= 11 is 0. The number of hydrogen-bond acceptors (Lipinski definition) is 4. The van der Waals surface area contributed by atoms with Crippen LogP contribution in [0.2, 0.25) is 0 Å². The summed E-state index contributed by atoms with van der Waals surface area (Å²) in [4.78, 5) is 11.6. The number of hydrogen-bond donors (Lipinski definition) is 2. The average molecular weight is 253 g/mol. The lowest BCUT2D eigenvalue weighted by molar-refractivity contribution is -0.120. The Morgan fingerprint density at radius 3 is 2.61 bits per heavy atom. The second-order valence-electron chi connectivity index (χ2n) is 3.84. The number of benzene rings is 1. The molecule has 2 N–H and O–H groups in total. The zero-order valence-corrected chi connectivity index (χ0v) is 10.9. The fraction of sp³-hybridized carbons (Fsp3) is 0.462. The molecule has 0 aliphatic heterocycles. The van der Waals surface area contributed by atoms with Crippen LogP contribution in [0.4, 0.5) is 0 Å². The Kier molecular flexibility index (Phi) is 5.45. The summed E-state index contributed by atoms with van der Waals surface area (Å²) in [5.41, 5.74) is 1.67. The van der Waals surface area contributed by atoms with Gasteiger partial charge in [-0.1, -0.05) is 6.07 Å². The molecule has 100 valence electrons. The van der Waals surface area contributed by atoms with Crippen molar-refractivity contribution in [2.45, 2.75) is 13.3 Å². The van der Waals surface area contributed by atoms with Crippen molar-refractivity contribution in [3.8, 4) is 11.5 Å². The first-order valence-electron chi connectivity index (χ1n) is 5.72. The van der Waals surface area contributed by atoms with Crippen LogP contribution >= 0.6 is 0 Å². The highest BCUT2D eigenvalue weighted by Gasteiger charge is 2.13. The molecule has 0 aliphatic carbocycles. The monoisotopic (exact) mass is 253 g/mol. The maximum atomic E-state index is 11.6. The van der Waals surface area contributed by atoms with Gasteiger partial charge in [0.15, 0.2) is 0 Å². The third-order valence-corrected chi connectivity index (χ3v) is 2.65. The Morgan fingerprint density at radius 1 is 1.33 bits per heavy atom. The number of methoxy groups -OCH3 is 2. The van der Waals surface area contributed by atoms with Crippen LogP contribution < -0.4 is 14.8 Å². The molecule has 0 aromatic heterocycles. The van der Waals surface area contributed by atoms with Gasteiger partial charge in [-0.3, -0.25) is 4.79 Å². The highest BCUT2D eigenvalue weighted by Crippen LogP contribution is 2.31. The molecule has 0 radical (unpaired) electrons. The van der Waals surface area contributed by atoms with E-state index < -0.39 is 0 Å². The molecule has 0 unspecified atom stereocenters. The smallest absolute Gasteiger partial charge is 0.224 e. The second-order valence-corrected chi connectivity index (χ2v) is 3.84. The highest BCUT2D eigenvalue weighted by atomic mass is 16.5. The lowest BCUT2D eigenvalue weighted by Crippen LogP contribution is -2.28. The van der Waals surface area contributed by atoms with Gasteiger partial charge in [-0.05, 0) is 13.0 Å². The van der Waals surface area contributed by atoms with Gasteiger partial charge in [-0.15, -0.1) is 0 Å². The van der Waals surface area contributed by atoms with Crippen LogP contribution in [-0.4, -0.2) is 38.4 Å². The minimum absolute atomic E-state index is 0.0650. The van der Waals surface area contributed by atoms with Gasteiger partial charge in [-0.2, -0.15) is 0 Å². The van der Waals surface area contributed by atoms with Crippen LogP contribution in [0.1, 0.15) is 11.1 Å². The summed E-state index contributed by atoms with van der Waals surface area (Å²) in [7, 11) is 3.16. The zero-order valence-electron chi connectivity index (χ0n) is 10.9. The van der Waals surface area contributed by atoms with Crippen LogP contribution in [0.3, 0.4) is 0 Å². The predicted molar refractivity (Wildman–Crippen MR) is 68.1 cm³/mol. The van der Waals surface area contributed by atoms with E-state index in [1.807, 2.05) is 19.1 Å². The molecule has 0 saturated heterocycles. The highest BCUT2D eigenvalue weighted by molar-refractivity contribution is 5.79. The minimum Gasteiger partial charge on any atom is -0.496 e. The molecular weight excluding hydrogens is 234 g/mol. The lowest BCUT2D eigenvalue weighted by atomic mass is 10.1. The van der Waals surface area contributed by atoms with Crippen molar-refractivity contribution in [2.75, 3.05) is 27.4 Å². The largest absolute Gasteiger partial charge is 0.496 e. The summed E-state index contributed by atoms with van der Waals surface area (Å²) in [6.45, 7) is 2.08. The van der Waals surface area contributed by atoms with E-state index in [2.05, 4.69) is 5.32 Å². The molecule has 0 bridgehead atoms. The first-order chi connectivity index (χ1) is 8.63. The van der Waals surface area contributed by atoms with Crippen molar-refractivity contribution >= 4 is 5.91 Å². The van der Waals surface area contributed by atoms with E-state index in [1.54, 1.807) is 14.2 Å². The van der Waals surface area contributed by atoms with Gasteiger partial charge < -0.3 is 19.9 Å². The Labute approximate surface area is 107 Å². The topological polar surface area (TPSA) is 67.8 Å². The molecule has 1 amide bonds. The number of carbonyl (C=O) groups excluding carboxylic acids is 1. The molecule has 0 aliphatic rings. The van der Waals surface area contributed by atoms with Crippen LogP contribution in [0.15, 0.2) is 12.1 Å². The van der Waals surface area contributed by atoms with Gasteiger partial charge in [0.2, 0.25) is 5.91 Å². The predicted octanol–water partition coefficient (Wildman–Crippen LogP) is 0.663. The number of amides is 1. The van der Waals surface area contributed by atoms with E-state index >= 15 is 0 Å². The molecule has 0 fully saturated rings. The maximum Gasteiger partial charge on any atom is 0.224 e. The molecule has 0 saturated carbocycles. The fourth-order valence-corrected chi connectivity index (χ4v) is 1.81. The standard InChI is InChI=1S/C13H19NO4/c1-9-11(17-2)5-4-10(13(9)18-3)8-12(16)14-6-7-15/h4-5,15H,6-8H2,1-3H3,(H,14,16). The SMILES string of the molecule is COc1ccc(CC(=O)NCCO)c(OC)c1C. The van der Waals surface area contributed by atoms with Crippen molar-refractivity contribution < 1.29 is 19.4 Å². The summed E-state index contributed by atoms with van der Waals surface area (Å²) < 4.78 is 10.5. The maximum absolute atomic E-state index is 11.6. The van der Waals surface area contributed by atoms with Crippen LogP contribution in [0.25, 0.3) is 0 Å². The van der Waals surface area contributed by atoms with Gasteiger partial charge in [-0.25, -0.2) is 0 Å². The van der Waals surface area contributed by atoms with E-state index in [9.17, 15) is 4.79 Å².